The van der Waals surface area contributed by atoms with E-state index in [1.807, 2.05) is 0 Å². The minimum atomic E-state index is -2.75. The second-order valence-corrected chi connectivity index (χ2v) is 8.42. The molecular weight excluding hydrogens is 262 g/mol. The van der Waals surface area contributed by atoms with Gasteiger partial charge in [-0.15, -0.1) is 0 Å². The van der Waals surface area contributed by atoms with E-state index in [1.165, 1.54) is 39.0 Å². The van der Waals surface area contributed by atoms with Gasteiger partial charge in [-0.1, -0.05) is 0 Å². The van der Waals surface area contributed by atoms with Gasteiger partial charge in [0.2, 0.25) is 0 Å². The second kappa shape index (κ2) is 5.68. The van der Waals surface area contributed by atoms with E-state index in [-0.39, 0.29) is 6.04 Å². The molecule has 3 heterocycles. The predicted molar refractivity (Wildman–Crippen MR) is 76.1 cm³/mol. The number of nitrogens with zero attached hydrogens (tertiary/aromatic N) is 2. The molecule has 0 aromatic heterocycles. The van der Waals surface area contributed by atoms with Crippen molar-refractivity contribution in [3.8, 4) is 0 Å². The van der Waals surface area contributed by atoms with Crippen LogP contribution >= 0.6 is 0 Å². The molecule has 110 valence electrons. The number of rotatable bonds is 4. The van der Waals surface area contributed by atoms with E-state index in [9.17, 15) is 8.42 Å². The van der Waals surface area contributed by atoms with Gasteiger partial charge in [-0.3, -0.25) is 9.80 Å². The van der Waals surface area contributed by atoms with Gasteiger partial charge in [0, 0.05) is 44.8 Å². The molecule has 6 heteroatoms. The standard InChI is InChI=1S/C13H25N3O2S/c17-19(18)9-3-12(11-19)14-4-6-15-7-8-16-5-1-2-13(16)10-15/h12-14H,1-11H2. The quantitative estimate of drug-likeness (QED) is 0.758. The zero-order valence-electron chi connectivity index (χ0n) is 11.6. The lowest BCUT2D eigenvalue weighted by molar-refractivity contribution is 0.105. The van der Waals surface area contributed by atoms with E-state index >= 15 is 0 Å². The van der Waals surface area contributed by atoms with Crippen LogP contribution in [0, 0.1) is 0 Å². The van der Waals surface area contributed by atoms with Gasteiger partial charge in [0.1, 0.15) is 0 Å². The van der Waals surface area contributed by atoms with Crippen molar-refractivity contribution >= 4 is 9.84 Å². The van der Waals surface area contributed by atoms with Crippen LogP contribution in [0.1, 0.15) is 19.3 Å². The average molecular weight is 287 g/mol. The maximum atomic E-state index is 11.4. The fraction of sp³-hybridized carbons (Fsp3) is 1.00. The van der Waals surface area contributed by atoms with E-state index in [0.29, 0.717) is 11.5 Å². The third-order valence-corrected chi connectivity index (χ3v) is 6.53. The lowest BCUT2D eigenvalue weighted by Gasteiger charge is -2.37. The van der Waals surface area contributed by atoms with Gasteiger partial charge in [0.15, 0.2) is 9.84 Å². The van der Waals surface area contributed by atoms with Crippen LogP contribution in [0.3, 0.4) is 0 Å². The second-order valence-electron chi connectivity index (χ2n) is 6.19. The van der Waals surface area contributed by atoms with Crippen molar-refractivity contribution in [2.45, 2.75) is 31.3 Å². The summed E-state index contributed by atoms with van der Waals surface area (Å²) in [6.07, 6.45) is 3.50. The Kier molecular flexibility index (Phi) is 4.12. The van der Waals surface area contributed by atoms with Gasteiger partial charge < -0.3 is 5.32 Å². The SMILES string of the molecule is O=S1(=O)CCC(NCCN2CCN3CCCC3C2)C1. The largest absolute Gasteiger partial charge is 0.312 e. The monoisotopic (exact) mass is 287 g/mol. The van der Waals surface area contributed by atoms with Crippen LogP contribution < -0.4 is 5.32 Å². The Hall–Kier alpha value is -0.170. The predicted octanol–water partition coefficient (Wildman–Crippen LogP) is -0.457. The van der Waals surface area contributed by atoms with E-state index < -0.39 is 9.84 Å². The van der Waals surface area contributed by atoms with E-state index in [4.69, 9.17) is 0 Å². The minimum Gasteiger partial charge on any atom is -0.312 e. The normalized spacial score (nSPS) is 35.6. The summed E-state index contributed by atoms with van der Waals surface area (Å²) >= 11 is 0. The van der Waals surface area contributed by atoms with Crippen molar-refractivity contribution in [3.05, 3.63) is 0 Å². The van der Waals surface area contributed by atoms with Gasteiger partial charge in [-0.2, -0.15) is 0 Å². The molecule has 0 spiro atoms. The van der Waals surface area contributed by atoms with Crippen LogP contribution in [0.15, 0.2) is 0 Å². The zero-order valence-corrected chi connectivity index (χ0v) is 12.4. The molecule has 5 nitrogen and oxygen atoms in total. The Morgan fingerprint density at radius 1 is 1.16 bits per heavy atom. The number of nitrogens with one attached hydrogen (secondary N) is 1. The first-order valence-electron chi connectivity index (χ1n) is 7.53. The highest BCUT2D eigenvalue weighted by molar-refractivity contribution is 7.91. The van der Waals surface area contributed by atoms with Gasteiger partial charge in [-0.05, 0) is 25.8 Å². The highest BCUT2D eigenvalue weighted by Gasteiger charge is 2.31. The summed E-state index contributed by atoms with van der Waals surface area (Å²) in [5.41, 5.74) is 0. The van der Waals surface area contributed by atoms with Crippen molar-refractivity contribution in [2.24, 2.45) is 0 Å². The molecule has 0 bridgehead atoms. The summed E-state index contributed by atoms with van der Waals surface area (Å²) < 4.78 is 22.7. The Balaban J connectivity index is 1.36. The molecule has 19 heavy (non-hydrogen) atoms. The Labute approximate surface area is 116 Å². The lowest BCUT2D eigenvalue weighted by Crippen LogP contribution is -2.51. The molecule has 0 aromatic rings. The molecule has 0 saturated carbocycles. The number of piperazine rings is 1. The van der Waals surface area contributed by atoms with Crippen molar-refractivity contribution in [2.75, 3.05) is 50.8 Å². The fourth-order valence-electron chi connectivity index (χ4n) is 3.64. The third-order valence-electron chi connectivity index (χ3n) is 4.76. The molecule has 2 unspecified atom stereocenters. The number of hydrogen-bond acceptors (Lipinski definition) is 5. The number of fused-ring (bicyclic) bond motifs is 1. The molecule has 1 N–H and O–H groups in total. The van der Waals surface area contributed by atoms with Crippen molar-refractivity contribution in [1.82, 2.24) is 15.1 Å². The van der Waals surface area contributed by atoms with Crippen LogP contribution in [-0.2, 0) is 9.84 Å². The minimum absolute atomic E-state index is 0.192. The maximum absolute atomic E-state index is 11.4. The van der Waals surface area contributed by atoms with Crippen molar-refractivity contribution in [3.63, 3.8) is 0 Å². The third kappa shape index (κ3) is 3.48. The van der Waals surface area contributed by atoms with Crippen LogP contribution in [0.4, 0.5) is 0 Å². The van der Waals surface area contributed by atoms with Crippen molar-refractivity contribution in [1.29, 1.82) is 0 Å². The Morgan fingerprint density at radius 3 is 2.84 bits per heavy atom. The summed E-state index contributed by atoms with van der Waals surface area (Å²) in [6.45, 7) is 6.85. The van der Waals surface area contributed by atoms with E-state index in [0.717, 1.165) is 25.6 Å². The Bertz CT molecular complexity index is 412. The molecule has 3 aliphatic rings. The van der Waals surface area contributed by atoms with Gasteiger partial charge in [-0.25, -0.2) is 8.42 Å². The number of sulfone groups is 1. The molecule has 3 rings (SSSR count). The summed E-state index contributed by atoms with van der Waals surface area (Å²) in [5, 5.41) is 3.41. The van der Waals surface area contributed by atoms with Crippen molar-refractivity contribution < 1.29 is 8.42 Å². The fourth-order valence-corrected chi connectivity index (χ4v) is 5.35. The molecule has 0 amide bonds. The van der Waals surface area contributed by atoms with Crippen LogP contribution in [0.25, 0.3) is 0 Å². The topological polar surface area (TPSA) is 52.7 Å². The summed E-state index contributed by atoms with van der Waals surface area (Å²) in [5.74, 6) is 0.703. The molecule has 2 atom stereocenters. The van der Waals surface area contributed by atoms with Crippen LogP contribution in [0.2, 0.25) is 0 Å². The Morgan fingerprint density at radius 2 is 2.05 bits per heavy atom. The average Bonchev–Trinajstić information content (AvgIpc) is 2.95. The summed E-state index contributed by atoms with van der Waals surface area (Å²) in [6, 6.07) is 0.971. The molecule has 3 fully saturated rings. The van der Waals surface area contributed by atoms with Gasteiger partial charge in [0.05, 0.1) is 11.5 Å². The van der Waals surface area contributed by atoms with Gasteiger partial charge >= 0.3 is 0 Å². The lowest BCUT2D eigenvalue weighted by atomic mass is 10.1. The first-order valence-corrected chi connectivity index (χ1v) is 9.35. The molecule has 3 saturated heterocycles. The first-order chi connectivity index (χ1) is 9.12. The number of hydrogen-bond donors (Lipinski definition) is 1. The molecule has 3 aliphatic heterocycles. The molecule has 0 aromatic carbocycles. The maximum Gasteiger partial charge on any atom is 0.151 e. The van der Waals surface area contributed by atoms with E-state index in [1.54, 1.807) is 0 Å². The molecule has 0 aliphatic carbocycles. The highest BCUT2D eigenvalue weighted by atomic mass is 32.2. The molecular formula is C13H25N3O2S. The van der Waals surface area contributed by atoms with Gasteiger partial charge in [0.25, 0.3) is 0 Å². The summed E-state index contributed by atoms with van der Waals surface area (Å²) in [7, 11) is -2.75. The first kappa shape index (κ1) is 13.8. The zero-order chi connectivity index (χ0) is 13.3. The van der Waals surface area contributed by atoms with Crippen LogP contribution in [0.5, 0.6) is 0 Å². The van der Waals surface area contributed by atoms with E-state index in [2.05, 4.69) is 15.1 Å². The van der Waals surface area contributed by atoms with Crippen LogP contribution in [-0.4, -0.2) is 81.1 Å². The summed E-state index contributed by atoms with van der Waals surface area (Å²) in [4.78, 5) is 5.15. The highest BCUT2D eigenvalue weighted by Crippen LogP contribution is 2.21. The smallest absolute Gasteiger partial charge is 0.151 e. The molecule has 0 radical (unpaired) electrons.